The molecule has 7 heteroatoms. The van der Waals surface area contributed by atoms with E-state index in [9.17, 15) is 4.79 Å². The van der Waals surface area contributed by atoms with E-state index < -0.39 is 0 Å². The second-order valence-electron chi connectivity index (χ2n) is 10.4. The quantitative estimate of drug-likeness (QED) is 0.234. The summed E-state index contributed by atoms with van der Waals surface area (Å²) in [5, 5.41) is 0. The molecule has 1 aromatic carbocycles. The van der Waals surface area contributed by atoms with Crippen molar-refractivity contribution in [2.75, 3.05) is 32.7 Å². The molecule has 200 valence electrons. The van der Waals surface area contributed by atoms with Crippen molar-refractivity contribution in [3.8, 4) is 11.4 Å². The molecule has 0 saturated carbocycles. The van der Waals surface area contributed by atoms with Gasteiger partial charge in [-0.05, 0) is 82.9 Å². The molecule has 4 rings (SSSR count). The molecule has 0 radical (unpaired) electrons. The van der Waals surface area contributed by atoms with Crippen LogP contribution in [0.15, 0.2) is 34.8 Å². The normalized spacial score (nSPS) is 14.4. The molecule has 37 heavy (non-hydrogen) atoms. The third kappa shape index (κ3) is 6.99. The smallest absolute Gasteiger partial charge is 0.272 e. The van der Waals surface area contributed by atoms with Crippen LogP contribution in [-0.2, 0) is 6.54 Å². The summed E-state index contributed by atoms with van der Waals surface area (Å²) in [5.41, 5.74) is 4.42. The Labute approximate surface area is 230 Å². The number of carbonyl (C=O) groups excluding carboxylic acids is 1. The van der Waals surface area contributed by atoms with Gasteiger partial charge in [0, 0.05) is 29.7 Å². The summed E-state index contributed by atoms with van der Waals surface area (Å²) < 4.78 is 3.25. The zero-order chi connectivity index (χ0) is 26.2. The maximum absolute atomic E-state index is 13.5. The van der Waals surface area contributed by atoms with Gasteiger partial charge in [0.15, 0.2) is 5.65 Å². The highest BCUT2D eigenvalue weighted by molar-refractivity contribution is 9.10. The average Bonchev–Trinajstić information content (AvgIpc) is 3.28. The Hall–Kier alpha value is -2.25. The van der Waals surface area contributed by atoms with Gasteiger partial charge in [-0.25, -0.2) is 9.97 Å². The number of rotatable bonds is 12. The summed E-state index contributed by atoms with van der Waals surface area (Å²) in [4.78, 5) is 28.1. The molecule has 0 spiro atoms. The first-order chi connectivity index (χ1) is 18.0. The first kappa shape index (κ1) is 27.8. The van der Waals surface area contributed by atoms with E-state index in [1.54, 1.807) is 0 Å². The van der Waals surface area contributed by atoms with Crippen LogP contribution in [0.4, 0.5) is 0 Å². The minimum absolute atomic E-state index is 0.0307. The number of hydrogen-bond acceptors (Lipinski definition) is 4. The molecular weight excluding hydrogens is 526 g/mol. The Morgan fingerprint density at radius 2 is 1.68 bits per heavy atom. The van der Waals surface area contributed by atoms with Gasteiger partial charge in [0.25, 0.3) is 5.91 Å². The van der Waals surface area contributed by atoms with Crippen LogP contribution in [-0.4, -0.2) is 63.0 Å². The van der Waals surface area contributed by atoms with Gasteiger partial charge in [0.2, 0.25) is 0 Å². The summed E-state index contributed by atoms with van der Waals surface area (Å²) in [5.74, 6) is 0.943. The highest BCUT2D eigenvalue weighted by Crippen LogP contribution is 2.31. The third-order valence-corrected chi connectivity index (χ3v) is 8.02. The van der Waals surface area contributed by atoms with E-state index >= 15 is 0 Å². The van der Waals surface area contributed by atoms with Crippen molar-refractivity contribution in [3.63, 3.8) is 0 Å². The molecule has 0 unspecified atom stereocenters. The van der Waals surface area contributed by atoms with Gasteiger partial charge in [0.1, 0.15) is 17.0 Å². The summed E-state index contributed by atoms with van der Waals surface area (Å²) in [6.45, 7) is 12.3. The lowest BCUT2D eigenvalue weighted by Gasteiger charge is -2.26. The van der Waals surface area contributed by atoms with Crippen LogP contribution in [0.1, 0.15) is 81.3 Å². The Morgan fingerprint density at radius 1 is 0.946 bits per heavy atom. The molecule has 1 aliphatic rings. The van der Waals surface area contributed by atoms with Crippen LogP contribution < -0.4 is 0 Å². The molecule has 6 nitrogen and oxygen atoms in total. The van der Waals surface area contributed by atoms with Crippen LogP contribution >= 0.6 is 15.9 Å². The number of hydrogen-bond donors (Lipinski definition) is 0. The number of amides is 1. The summed E-state index contributed by atoms with van der Waals surface area (Å²) in [6, 6.07) is 10.2. The average molecular weight is 569 g/mol. The van der Waals surface area contributed by atoms with E-state index in [2.05, 4.69) is 64.4 Å². The number of nitrogens with zero attached hydrogens (tertiary/aromatic N) is 5. The fourth-order valence-electron chi connectivity index (χ4n) is 5.16. The lowest BCUT2D eigenvalue weighted by Crippen LogP contribution is -2.33. The number of imidazole rings is 1. The van der Waals surface area contributed by atoms with E-state index in [-0.39, 0.29) is 5.91 Å². The van der Waals surface area contributed by atoms with Gasteiger partial charge in [-0.1, -0.05) is 60.7 Å². The molecule has 1 amide bonds. The molecule has 0 bridgehead atoms. The SMILES string of the molecule is CCCCN(CCCC)C(=O)c1ccc2nc(-c3cc(C)ccc3Br)n(CCCN3CCCCC3)c2n1. The predicted octanol–water partition coefficient (Wildman–Crippen LogP) is 7.09. The number of unbranched alkanes of at least 4 members (excludes halogenated alkanes) is 2. The second-order valence-corrected chi connectivity index (χ2v) is 11.2. The number of carbonyl (C=O) groups is 1. The Balaban J connectivity index is 1.68. The van der Waals surface area contributed by atoms with E-state index in [0.29, 0.717) is 5.69 Å². The van der Waals surface area contributed by atoms with Crippen molar-refractivity contribution in [1.29, 1.82) is 0 Å². The van der Waals surface area contributed by atoms with E-state index in [1.165, 1.54) is 37.9 Å². The summed E-state index contributed by atoms with van der Waals surface area (Å²) >= 11 is 3.75. The summed E-state index contributed by atoms with van der Waals surface area (Å²) in [7, 11) is 0. The minimum Gasteiger partial charge on any atom is -0.337 e. The second kappa shape index (κ2) is 13.5. The largest absolute Gasteiger partial charge is 0.337 e. The number of likely N-dealkylation sites (tertiary alicyclic amines) is 1. The van der Waals surface area contributed by atoms with Gasteiger partial charge in [0.05, 0.1) is 0 Å². The van der Waals surface area contributed by atoms with Crippen molar-refractivity contribution in [2.45, 2.75) is 78.7 Å². The maximum Gasteiger partial charge on any atom is 0.272 e. The zero-order valence-corrected chi connectivity index (χ0v) is 24.4. The standard InChI is InChI=1S/C30H42BrN5O/c1-4-6-19-35(20-7-5-2)30(37)27-15-14-26-29(33-27)36(21-11-18-34-16-9-8-10-17-34)28(32-26)24-22-23(3)12-13-25(24)31/h12-15,22H,4-11,16-21H2,1-3H3. The number of halogens is 1. The molecule has 0 atom stereocenters. The third-order valence-electron chi connectivity index (χ3n) is 7.33. The van der Waals surface area contributed by atoms with Crippen molar-refractivity contribution in [1.82, 2.24) is 24.3 Å². The van der Waals surface area contributed by atoms with Crippen LogP contribution in [0.3, 0.4) is 0 Å². The number of aryl methyl sites for hydroxylation is 2. The van der Waals surface area contributed by atoms with Crippen molar-refractivity contribution in [3.05, 3.63) is 46.1 Å². The molecular formula is C30H42BrN5O. The van der Waals surface area contributed by atoms with Crippen LogP contribution in [0, 0.1) is 6.92 Å². The van der Waals surface area contributed by atoms with Gasteiger partial charge in [-0.2, -0.15) is 0 Å². The van der Waals surface area contributed by atoms with E-state index in [1.807, 2.05) is 17.0 Å². The highest BCUT2D eigenvalue weighted by Gasteiger charge is 2.21. The van der Waals surface area contributed by atoms with E-state index in [0.717, 1.165) is 85.3 Å². The molecule has 1 saturated heterocycles. The van der Waals surface area contributed by atoms with Crippen LogP contribution in [0.5, 0.6) is 0 Å². The van der Waals surface area contributed by atoms with Gasteiger partial charge in [-0.15, -0.1) is 0 Å². The number of fused-ring (bicyclic) bond motifs is 1. The number of piperidine rings is 1. The number of benzene rings is 1. The molecule has 0 N–H and O–H groups in total. The van der Waals surface area contributed by atoms with Crippen molar-refractivity contribution in [2.24, 2.45) is 0 Å². The van der Waals surface area contributed by atoms with E-state index in [4.69, 9.17) is 9.97 Å². The highest BCUT2D eigenvalue weighted by atomic mass is 79.9. The first-order valence-electron chi connectivity index (χ1n) is 14.2. The number of pyridine rings is 1. The fraction of sp³-hybridized carbons (Fsp3) is 0.567. The molecule has 3 heterocycles. The Bertz CT molecular complexity index is 1180. The maximum atomic E-state index is 13.5. The van der Waals surface area contributed by atoms with Crippen molar-refractivity contribution >= 4 is 33.0 Å². The van der Waals surface area contributed by atoms with Crippen LogP contribution in [0.2, 0.25) is 0 Å². The minimum atomic E-state index is 0.0307. The van der Waals surface area contributed by atoms with Gasteiger partial charge < -0.3 is 14.4 Å². The molecule has 2 aromatic heterocycles. The fourth-order valence-corrected chi connectivity index (χ4v) is 5.58. The van der Waals surface area contributed by atoms with Crippen molar-refractivity contribution < 1.29 is 4.79 Å². The van der Waals surface area contributed by atoms with Gasteiger partial charge >= 0.3 is 0 Å². The van der Waals surface area contributed by atoms with Gasteiger partial charge in [-0.3, -0.25) is 4.79 Å². The predicted molar refractivity (Wildman–Crippen MR) is 156 cm³/mol. The lowest BCUT2D eigenvalue weighted by molar-refractivity contribution is 0.0745. The van der Waals surface area contributed by atoms with Crippen LogP contribution in [0.25, 0.3) is 22.6 Å². The first-order valence-corrected chi connectivity index (χ1v) is 15.0. The molecule has 3 aromatic rings. The Kier molecular flexibility index (Phi) is 10.1. The Morgan fingerprint density at radius 3 is 2.38 bits per heavy atom. The topological polar surface area (TPSA) is 54.3 Å². The number of aromatic nitrogens is 3. The zero-order valence-electron chi connectivity index (χ0n) is 22.8. The monoisotopic (exact) mass is 567 g/mol. The summed E-state index contributed by atoms with van der Waals surface area (Å²) in [6.07, 6.45) is 9.14. The molecule has 0 aliphatic carbocycles. The lowest BCUT2D eigenvalue weighted by atomic mass is 10.1. The molecule has 1 fully saturated rings. The molecule has 1 aliphatic heterocycles.